The third-order valence-corrected chi connectivity index (χ3v) is 4.07. The van der Waals surface area contributed by atoms with Crippen LogP contribution < -0.4 is 5.73 Å². The van der Waals surface area contributed by atoms with Gasteiger partial charge in [-0.25, -0.2) is 9.07 Å². The van der Waals surface area contributed by atoms with Gasteiger partial charge in [-0.3, -0.25) is 0 Å². The molecular formula is C13H15BrFN3. The molecule has 0 saturated heterocycles. The van der Waals surface area contributed by atoms with Crippen molar-refractivity contribution in [3.05, 3.63) is 45.4 Å². The minimum Gasteiger partial charge on any atom is -0.324 e. The molecule has 0 aliphatic heterocycles. The highest BCUT2D eigenvalue weighted by Gasteiger charge is 2.18. The van der Waals surface area contributed by atoms with Crippen molar-refractivity contribution in [3.8, 4) is 5.69 Å². The molecule has 1 aromatic heterocycles. The van der Waals surface area contributed by atoms with E-state index in [0.29, 0.717) is 5.69 Å². The molecule has 0 fully saturated rings. The second kappa shape index (κ2) is 4.82. The molecule has 1 heterocycles. The lowest BCUT2D eigenvalue weighted by Crippen LogP contribution is -2.13. The summed E-state index contributed by atoms with van der Waals surface area (Å²) in [4.78, 5) is 0. The molecule has 0 unspecified atom stereocenters. The van der Waals surface area contributed by atoms with Gasteiger partial charge in [0.05, 0.1) is 15.9 Å². The average Bonchev–Trinajstić information content (AvgIpc) is 2.56. The molecule has 2 rings (SSSR count). The molecule has 2 N–H and O–H groups in total. The van der Waals surface area contributed by atoms with Gasteiger partial charge in [-0.2, -0.15) is 5.10 Å². The van der Waals surface area contributed by atoms with Gasteiger partial charge in [0.15, 0.2) is 0 Å². The highest BCUT2D eigenvalue weighted by Crippen LogP contribution is 2.28. The lowest BCUT2D eigenvalue weighted by Gasteiger charge is -2.14. The molecule has 5 heteroatoms. The van der Waals surface area contributed by atoms with Gasteiger partial charge in [-0.1, -0.05) is 12.1 Å². The predicted octanol–water partition coefficient (Wildman–Crippen LogP) is 3.41. The number of nitrogens with zero attached hydrogens (tertiary/aromatic N) is 2. The van der Waals surface area contributed by atoms with E-state index in [9.17, 15) is 4.39 Å². The van der Waals surface area contributed by atoms with E-state index in [1.54, 1.807) is 10.7 Å². The lowest BCUT2D eigenvalue weighted by molar-refractivity contribution is 0.599. The van der Waals surface area contributed by atoms with Gasteiger partial charge < -0.3 is 5.73 Å². The van der Waals surface area contributed by atoms with Crippen molar-refractivity contribution in [1.82, 2.24) is 9.78 Å². The molecule has 18 heavy (non-hydrogen) atoms. The minimum atomic E-state index is -0.317. The van der Waals surface area contributed by atoms with E-state index in [2.05, 4.69) is 21.0 Å². The van der Waals surface area contributed by atoms with Gasteiger partial charge in [-0.15, -0.1) is 0 Å². The molecule has 0 spiro atoms. The molecule has 1 atom stereocenters. The Bertz CT molecular complexity index is 590. The molecule has 0 radical (unpaired) electrons. The predicted molar refractivity (Wildman–Crippen MR) is 73.3 cm³/mol. The lowest BCUT2D eigenvalue weighted by atomic mass is 10.1. The summed E-state index contributed by atoms with van der Waals surface area (Å²) in [6, 6.07) is 4.66. The van der Waals surface area contributed by atoms with E-state index >= 15 is 0 Å². The summed E-state index contributed by atoms with van der Waals surface area (Å²) in [6.07, 6.45) is 0. The third-order valence-electron chi connectivity index (χ3n) is 2.92. The number of aromatic nitrogens is 2. The largest absolute Gasteiger partial charge is 0.324 e. The molecular weight excluding hydrogens is 297 g/mol. The van der Waals surface area contributed by atoms with E-state index in [-0.39, 0.29) is 11.9 Å². The van der Waals surface area contributed by atoms with E-state index in [1.807, 2.05) is 26.8 Å². The first-order valence-corrected chi connectivity index (χ1v) is 6.49. The van der Waals surface area contributed by atoms with Crippen LogP contribution in [0.2, 0.25) is 0 Å². The quantitative estimate of drug-likeness (QED) is 0.923. The SMILES string of the molecule is Cc1nn(-c2c(F)cccc2[C@@H](C)N)c(C)c1Br. The van der Waals surface area contributed by atoms with Crippen LogP contribution in [0, 0.1) is 19.7 Å². The zero-order chi connectivity index (χ0) is 13.4. The maximum Gasteiger partial charge on any atom is 0.149 e. The molecule has 0 aliphatic rings. The number of halogens is 2. The molecule has 0 amide bonds. The Morgan fingerprint density at radius 2 is 2.06 bits per heavy atom. The van der Waals surface area contributed by atoms with Crippen molar-refractivity contribution in [3.63, 3.8) is 0 Å². The Labute approximate surface area is 114 Å². The molecule has 0 bridgehead atoms. The highest BCUT2D eigenvalue weighted by molar-refractivity contribution is 9.10. The standard InChI is InChI=1S/C13H15BrFN3/c1-7(16)10-5-4-6-11(15)13(10)18-9(3)12(14)8(2)17-18/h4-7H,16H2,1-3H3/t7-/m1/s1. The summed E-state index contributed by atoms with van der Waals surface area (Å²) < 4.78 is 16.6. The summed E-state index contributed by atoms with van der Waals surface area (Å²) >= 11 is 3.45. The van der Waals surface area contributed by atoms with Crippen LogP contribution >= 0.6 is 15.9 Å². The molecule has 0 aliphatic carbocycles. The Morgan fingerprint density at radius 1 is 1.39 bits per heavy atom. The number of nitrogens with two attached hydrogens (primary N) is 1. The maximum atomic E-state index is 14.1. The minimum absolute atomic E-state index is 0.251. The topological polar surface area (TPSA) is 43.8 Å². The Kier molecular flexibility index (Phi) is 3.54. The van der Waals surface area contributed by atoms with Gasteiger partial charge in [0, 0.05) is 6.04 Å². The zero-order valence-corrected chi connectivity index (χ0v) is 12.1. The Hall–Kier alpha value is -1.20. The van der Waals surface area contributed by atoms with Gasteiger partial charge in [0.1, 0.15) is 11.5 Å². The highest BCUT2D eigenvalue weighted by atomic mass is 79.9. The average molecular weight is 312 g/mol. The van der Waals surface area contributed by atoms with Crippen LogP contribution in [-0.4, -0.2) is 9.78 Å². The summed E-state index contributed by atoms with van der Waals surface area (Å²) in [5.41, 5.74) is 8.76. The first-order chi connectivity index (χ1) is 8.43. The number of aryl methyl sites for hydroxylation is 1. The molecule has 96 valence electrons. The van der Waals surface area contributed by atoms with Gasteiger partial charge in [0.25, 0.3) is 0 Å². The summed E-state index contributed by atoms with van der Waals surface area (Å²) in [6.45, 7) is 5.60. The van der Waals surface area contributed by atoms with Crippen molar-refractivity contribution < 1.29 is 4.39 Å². The number of hydrogen-bond donors (Lipinski definition) is 1. The fourth-order valence-corrected chi connectivity index (χ4v) is 2.21. The molecule has 3 nitrogen and oxygen atoms in total. The van der Waals surface area contributed by atoms with Crippen LogP contribution in [-0.2, 0) is 0 Å². The van der Waals surface area contributed by atoms with Crippen LogP contribution in [0.4, 0.5) is 4.39 Å². The summed E-state index contributed by atoms with van der Waals surface area (Å²) in [7, 11) is 0. The van der Waals surface area contributed by atoms with E-state index in [1.165, 1.54) is 6.07 Å². The first kappa shape index (κ1) is 13.2. The number of rotatable bonds is 2. The van der Waals surface area contributed by atoms with Crippen LogP contribution in [0.15, 0.2) is 22.7 Å². The van der Waals surface area contributed by atoms with E-state index in [0.717, 1.165) is 21.4 Å². The van der Waals surface area contributed by atoms with Crippen molar-refractivity contribution in [2.45, 2.75) is 26.8 Å². The van der Waals surface area contributed by atoms with E-state index in [4.69, 9.17) is 5.73 Å². The first-order valence-electron chi connectivity index (χ1n) is 5.69. The molecule has 1 aromatic carbocycles. The number of para-hydroxylation sites is 1. The smallest absolute Gasteiger partial charge is 0.149 e. The van der Waals surface area contributed by atoms with Crippen molar-refractivity contribution >= 4 is 15.9 Å². The van der Waals surface area contributed by atoms with Crippen LogP contribution in [0.25, 0.3) is 5.69 Å². The Morgan fingerprint density at radius 3 is 2.56 bits per heavy atom. The zero-order valence-electron chi connectivity index (χ0n) is 10.5. The monoisotopic (exact) mass is 311 g/mol. The van der Waals surface area contributed by atoms with Crippen molar-refractivity contribution in [2.75, 3.05) is 0 Å². The third kappa shape index (κ3) is 2.08. The van der Waals surface area contributed by atoms with Gasteiger partial charge >= 0.3 is 0 Å². The Balaban J connectivity index is 2.74. The summed E-state index contributed by atoms with van der Waals surface area (Å²) in [5.74, 6) is -0.317. The number of hydrogen-bond acceptors (Lipinski definition) is 2. The molecule has 0 saturated carbocycles. The van der Waals surface area contributed by atoms with E-state index < -0.39 is 0 Å². The normalized spacial score (nSPS) is 12.8. The summed E-state index contributed by atoms with van der Waals surface area (Å²) in [5, 5.41) is 4.36. The van der Waals surface area contributed by atoms with Crippen LogP contribution in [0.1, 0.15) is 29.9 Å². The fourth-order valence-electron chi connectivity index (χ4n) is 1.96. The van der Waals surface area contributed by atoms with Crippen LogP contribution in [0.3, 0.4) is 0 Å². The van der Waals surface area contributed by atoms with Gasteiger partial charge in [0.2, 0.25) is 0 Å². The second-order valence-electron chi connectivity index (χ2n) is 4.36. The van der Waals surface area contributed by atoms with Crippen molar-refractivity contribution in [1.29, 1.82) is 0 Å². The molecule has 2 aromatic rings. The fraction of sp³-hybridized carbons (Fsp3) is 0.308. The second-order valence-corrected chi connectivity index (χ2v) is 5.16. The van der Waals surface area contributed by atoms with Crippen LogP contribution in [0.5, 0.6) is 0 Å². The number of benzene rings is 1. The van der Waals surface area contributed by atoms with Crippen molar-refractivity contribution in [2.24, 2.45) is 5.73 Å². The van der Waals surface area contributed by atoms with Gasteiger partial charge in [-0.05, 0) is 48.3 Å². The maximum absolute atomic E-state index is 14.1.